The molecule has 4 rings (SSSR count). The van der Waals surface area contributed by atoms with Gasteiger partial charge in [0.15, 0.2) is 0 Å². The van der Waals surface area contributed by atoms with E-state index in [9.17, 15) is 4.79 Å². The van der Waals surface area contributed by atoms with Gasteiger partial charge >= 0.3 is 0 Å². The number of anilines is 3. The van der Waals surface area contributed by atoms with E-state index in [1.165, 1.54) is 0 Å². The van der Waals surface area contributed by atoms with Crippen LogP contribution in [0.1, 0.15) is 0 Å². The molecule has 3 N–H and O–H groups in total. The van der Waals surface area contributed by atoms with Crippen molar-refractivity contribution in [3.63, 3.8) is 0 Å². The highest BCUT2D eigenvalue weighted by atomic mass is 16.1. The minimum Gasteiger partial charge on any atom is -0.368 e. The van der Waals surface area contributed by atoms with Gasteiger partial charge in [0.25, 0.3) is 5.56 Å². The number of aromatic amines is 1. The Morgan fingerprint density at radius 3 is 2.71 bits per heavy atom. The van der Waals surface area contributed by atoms with E-state index >= 15 is 0 Å². The van der Waals surface area contributed by atoms with Gasteiger partial charge in [-0.1, -0.05) is 12.1 Å². The van der Waals surface area contributed by atoms with Crippen molar-refractivity contribution in [2.75, 3.05) is 36.4 Å². The lowest BCUT2D eigenvalue weighted by molar-refractivity contribution is 0.589. The summed E-state index contributed by atoms with van der Waals surface area (Å²) in [5.74, 6) is 1.04. The van der Waals surface area contributed by atoms with Crippen LogP contribution in [0, 0.1) is 0 Å². The Morgan fingerprint density at radius 2 is 1.92 bits per heavy atom. The van der Waals surface area contributed by atoms with Crippen LogP contribution in [-0.4, -0.2) is 41.1 Å². The predicted octanol–water partition coefficient (Wildman–Crippen LogP) is 1.47. The third-order valence-corrected chi connectivity index (χ3v) is 4.09. The van der Waals surface area contributed by atoms with Gasteiger partial charge in [0.05, 0.1) is 22.8 Å². The van der Waals surface area contributed by atoms with Crippen LogP contribution in [0.15, 0.2) is 47.4 Å². The average molecular weight is 322 g/mol. The number of para-hydroxylation sites is 1. The maximum Gasteiger partial charge on any atom is 0.260 e. The molecule has 2 aromatic heterocycles. The second kappa shape index (κ2) is 6.29. The van der Waals surface area contributed by atoms with Crippen molar-refractivity contribution < 1.29 is 0 Å². The standard InChI is InChI=1S/C17H18N6O/c24-16-13-3-1-2-4-14(13)20-17(22-16)21-15-6-5-12(11-19-15)23-9-7-18-8-10-23/h1-6,11,18H,7-10H2,(H2,19,20,21,22,24). The molecule has 1 fully saturated rings. The lowest BCUT2D eigenvalue weighted by Crippen LogP contribution is -2.43. The molecule has 0 atom stereocenters. The topological polar surface area (TPSA) is 85.9 Å². The lowest BCUT2D eigenvalue weighted by atomic mass is 10.2. The first-order valence-electron chi connectivity index (χ1n) is 7.97. The van der Waals surface area contributed by atoms with Gasteiger partial charge in [-0.25, -0.2) is 9.97 Å². The van der Waals surface area contributed by atoms with Crippen molar-refractivity contribution in [2.45, 2.75) is 0 Å². The highest BCUT2D eigenvalue weighted by Crippen LogP contribution is 2.17. The zero-order valence-electron chi connectivity index (χ0n) is 13.1. The molecule has 0 radical (unpaired) electrons. The van der Waals surface area contributed by atoms with Crippen molar-refractivity contribution in [3.05, 3.63) is 52.9 Å². The summed E-state index contributed by atoms with van der Waals surface area (Å²) in [6.07, 6.45) is 1.84. The van der Waals surface area contributed by atoms with E-state index in [0.29, 0.717) is 22.7 Å². The number of benzene rings is 1. The smallest absolute Gasteiger partial charge is 0.260 e. The van der Waals surface area contributed by atoms with Gasteiger partial charge < -0.3 is 15.5 Å². The first-order valence-corrected chi connectivity index (χ1v) is 7.97. The molecular formula is C17H18N6O. The van der Waals surface area contributed by atoms with Crippen molar-refractivity contribution >= 4 is 28.4 Å². The van der Waals surface area contributed by atoms with Gasteiger partial charge in [-0.15, -0.1) is 0 Å². The van der Waals surface area contributed by atoms with Crippen molar-refractivity contribution in [1.82, 2.24) is 20.3 Å². The zero-order chi connectivity index (χ0) is 16.4. The summed E-state index contributed by atoms with van der Waals surface area (Å²) in [6.45, 7) is 3.94. The third kappa shape index (κ3) is 2.93. The van der Waals surface area contributed by atoms with Gasteiger partial charge in [0, 0.05) is 26.2 Å². The first kappa shape index (κ1) is 14.6. The number of rotatable bonds is 3. The summed E-state index contributed by atoms with van der Waals surface area (Å²) >= 11 is 0. The fourth-order valence-electron chi connectivity index (χ4n) is 2.84. The van der Waals surface area contributed by atoms with Crippen LogP contribution in [0.5, 0.6) is 0 Å². The van der Waals surface area contributed by atoms with Crippen LogP contribution in [0.25, 0.3) is 10.9 Å². The fourth-order valence-corrected chi connectivity index (χ4v) is 2.84. The van der Waals surface area contributed by atoms with E-state index < -0.39 is 0 Å². The van der Waals surface area contributed by atoms with Gasteiger partial charge in [-0.05, 0) is 24.3 Å². The molecule has 0 bridgehead atoms. The summed E-state index contributed by atoms with van der Waals surface area (Å²) in [4.78, 5) is 26.0. The number of aromatic nitrogens is 3. The number of H-pyrrole nitrogens is 1. The predicted molar refractivity (Wildman–Crippen MR) is 95.0 cm³/mol. The molecule has 1 aromatic carbocycles. The number of nitrogens with zero attached hydrogens (tertiary/aromatic N) is 3. The van der Waals surface area contributed by atoms with E-state index in [0.717, 1.165) is 31.9 Å². The van der Waals surface area contributed by atoms with Crippen LogP contribution in [0.4, 0.5) is 17.5 Å². The number of hydrogen-bond acceptors (Lipinski definition) is 6. The Kier molecular flexibility index (Phi) is 3.84. The SMILES string of the molecule is O=c1[nH]c(Nc2ccc(N3CCNCC3)cn2)nc2ccccc12. The maximum absolute atomic E-state index is 12.1. The van der Waals surface area contributed by atoms with Crippen LogP contribution >= 0.6 is 0 Å². The van der Waals surface area contributed by atoms with E-state index in [-0.39, 0.29) is 5.56 Å². The van der Waals surface area contributed by atoms with Crippen LogP contribution < -0.4 is 21.1 Å². The van der Waals surface area contributed by atoms with Crippen LogP contribution in [-0.2, 0) is 0 Å². The Hall–Kier alpha value is -2.93. The molecule has 3 heterocycles. The molecule has 7 heteroatoms. The quantitative estimate of drug-likeness (QED) is 0.677. The number of nitrogens with one attached hydrogen (secondary N) is 3. The molecule has 0 saturated carbocycles. The molecule has 0 unspecified atom stereocenters. The maximum atomic E-state index is 12.1. The number of hydrogen-bond donors (Lipinski definition) is 3. The lowest BCUT2D eigenvalue weighted by Gasteiger charge is -2.29. The molecule has 7 nitrogen and oxygen atoms in total. The van der Waals surface area contributed by atoms with E-state index in [1.807, 2.05) is 36.5 Å². The number of piperazine rings is 1. The van der Waals surface area contributed by atoms with Gasteiger partial charge in [-0.2, -0.15) is 0 Å². The van der Waals surface area contributed by atoms with Gasteiger partial charge in [-0.3, -0.25) is 9.78 Å². The number of pyridine rings is 1. The normalized spacial score (nSPS) is 14.8. The van der Waals surface area contributed by atoms with E-state index in [2.05, 4.69) is 30.5 Å². The summed E-state index contributed by atoms with van der Waals surface area (Å²) in [7, 11) is 0. The summed E-state index contributed by atoms with van der Waals surface area (Å²) in [5, 5.41) is 6.96. The Labute approximate surface area is 138 Å². The Morgan fingerprint density at radius 1 is 1.08 bits per heavy atom. The fraction of sp³-hybridized carbons (Fsp3) is 0.235. The molecule has 0 amide bonds. The molecule has 0 spiro atoms. The Bertz CT molecular complexity index is 899. The highest BCUT2D eigenvalue weighted by molar-refractivity contribution is 5.78. The molecule has 24 heavy (non-hydrogen) atoms. The van der Waals surface area contributed by atoms with Crippen molar-refractivity contribution in [2.24, 2.45) is 0 Å². The molecule has 122 valence electrons. The van der Waals surface area contributed by atoms with Gasteiger partial charge in [0.2, 0.25) is 5.95 Å². The monoisotopic (exact) mass is 322 g/mol. The molecular weight excluding hydrogens is 304 g/mol. The summed E-state index contributed by atoms with van der Waals surface area (Å²) in [5.41, 5.74) is 1.59. The van der Waals surface area contributed by atoms with Crippen LogP contribution in [0.2, 0.25) is 0 Å². The summed E-state index contributed by atoms with van der Waals surface area (Å²) in [6, 6.07) is 11.2. The second-order valence-electron chi connectivity index (χ2n) is 5.70. The van der Waals surface area contributed by atoms with E-state index in [4.69, 9.17) is 0 Å². The molecule has 0 aliphatic carbocycles. The van der Waals surface area contributed by atoms with Crippen molar-refractivity contribution in [1.29, 1.82) is 0 Å². The molecule has 1 aliphatic rings. The molecule has 3 aromatic rings. The van der Waals surface area contributed by atoms with Crippen molar-refractivity contribution in [3.8, 4) is 0 Å². The second-order valence-corrected chi connectivity index (χ2v) is 5.70. The largest absolute Gasteiger partial charge is 0.368 e. The molecule has 1 saturated heterocycles. The third-order valence-electron chi connectivity index (χ3n) is 4.09. The Balaban J connectivity index is 1.56. The minimum atomic E-state index is -0.166. The number of fused-ring (bicyclic) bond motifs is 1. The van der Waals surface area contributed by atoms with Crippen LogP contribution in [0.3, 0.4) is 0 Å². The zero-order valence-corrected chi connectivity index (χ0v) is 13.1. The first-order chi connectivity index (χ1) is 11.8. The molecule has 1 aliphatic heterocycles. The highest BCUT2D eigenvalue weighted by Gasteiger charge is 2.11. The minimum absolute atomic E-state index is 0.166. The average Bonchev–Trinajstić information content (AvgIpc) is 2.63. The summed E-state index contributed by atoms with van der Waals surface area (Å²) < 4.78 is 0. The van der Waals surface area contributed by atoms with E-state index in [1.54, 1.807) is 6.07 Å². The van der Waals surface area contributed by atoms with Gasteiger partial charge in [0.1, 0.15) is 5.82 Å².